The number of carboxylic acids is 1. The lowest BCUT2D eigenvalue weighted by atomic mass is 9.89. The van der Waals surface area contributed by atoms with Gasteiger partial charge in [-0.25, -0.2) is 13.2 Å². The van der Waals surface area contributed by atoms with Gasteiger partial charge in [0, 0.05) is 24.7 Å². The predicted octanol–water partition coefficient (Wildman–Crippen LogP) is 1.95. The molecule has 0 aliphatic heterocycles. The summed E-state index contributed by atoms with van der Waals surface area (Å²) in [6, 6.07) is 3.80. The number of carboxylic acid groups (broad SMARTS) is 1. The van der Waals surface area contributed by atoms with Crippen molar-refractivity contribution in [3.8, 4) is 0 Å². The highest BCUT2D eigenvalue weighted by Crippen LogP contribution is 2.33. The lowest BCUT2D eigenvalue weighted by Crippen LogP contribution is -2.48. The highest BCUT2D eigenvalue weighted by Gasteiger charge is 2.38. The fourth-order valence-corrected chi connectivity index (χ4v) is 4.63. The Morgan fingerprint density at radius 2 is 2.05 bits per heavy atom. The quantitative estimate of drug-likeness (QED) is 0.847. The van der Waals surface area contributed by atoms with Gasteiger partial charge in [-0.1, -0.05) is 0 Å². The summed E-state index contributed by atoms with van der Waals surface area (Å²) in [6.07, 6.45) is 1.43. The second-order valence-electron chi connectivity index (χ2n) is 4.95. The zero-order valence-electron chi connectivity index (χ0n) is 11.6. The number of hydrogen-bond donors (Lipinski definition) is 1. The molecule has 2 rings (SSSR count). The highest BCUT2D eigenvalue weighted by molar-refractivity contribution is 9.10. The molecule has 116 valence electrons. The van der Waals surface area contributed by atoms with Crippen LogP contribution in [0.2, 0.25) is 0 Å². The third kappa shape index (κ3) is 3.13. The standard InChI is InChI=1S/C13H16BrNO5S/c1-15(9-6-10(7-9)20-2)21(18,19)12-4-3-8(13(16)17)5-11(12)14/h3-5,9-10H,6-7H2,1-2H3,(H,16,17). The van der Waals surface area contributed by atoms with Crippen LogP contribution in [0.15, 0.2) is 27.6 Å². The maximum Gasteiger partial charge on any atom is 0.335 e. The minimum Gasteiger partial charge on any atom is -0.478 e. The molecule has 0 spiro atoms. The number of rotatable bonds is 5. The van der Waals surface area contributed by atoms with Crippen LogP contribution in [0.1, 0.15) is 23.2 Å². The second kappa shape index (κ2) is 6.04. The normalized spacial score (nSPS) is 22.1. The zero-order valence-corrected chi connectivity index (χ0v) is 14.0. The molecule has 0 atom stereocenters. The number of hydrogen-bond acceptors (Lipinski definition) is 4. The first kappa shape index (κ1) is 16.4. The van der Waals surface area contributed by atoms with Crippen molar-refractivity contribution >= 4 is 31.9 Å². The maximum absolute atomic E-state index is 12.6. The van der Waals surface area contributed by atoms with Crippen LogP contribution in [0, 0.1) is 0 Å². The molecule has 1 aliphatic carbocycles. The van der Waals surface area contributed by atoms with Gasteiger partial charge < -0.3 is 9.84 Å². The van der Waals surface area contributed by atoms with Crippen molar-refractivity contribution < 1.29 is 23.1 Å². The van der Waals surface area contributed by atoms with Gasteiger partial charge in [0.15, 0.2) is 0 Å². The van der Waals surface area contributed by atoms with Gasteiger partial charge in [0.2, 0.25) is 10.0 Å². The van der Waals surface area contributed by atoms with E-state index in [1.165, 1.54) is 29.6 Å². The number of nitrogens with zero attached hydrogens (tertiary/aromatic N) is 1. The molecule has 21 heavy (non-hydrogen) atoms. The molecule has 0 bridgehead atoms. The number of methoxy groups -OCH3 is 1. The zero-order chi connectivity index (χ0) is 15.8. The Hall–Kier alpha value is -0.960. The van der Waals surface area contributed by atoms with Crippen LogP contribution in [0.4, 0.5) is 0 Å². The fraction of sp³-hybridized carbons (Fsp3) is 0.462. The highest BCUT2D eigenvalue weighted by atomic mass is 79.9. The van der Waals surface area contributed by atoms with E-state index in [4.69, 9.17) is 9.84 Å². The van der Waals surface area contributed by atoms with E-state index in [1.54, 1.807) is 7.11 Å². The summed E-state index contributed by atoms with van der Waals surface area (Å²) >= 11 is 3.14. The number of ether oxygens (including phenoxy) is 1. The summed E-state index contributed by atoms with van der Waals surface area (Å²) < 4.78 is 31.9. The van der Waals surface area contributed by atoms with Crippen molar-refractivity contribution in [3.05, 3.63) is 28.2 Å². The second-order valence-corrected chi connectivity index (χ2v) is 7.77. The van der Waals surface area contributed by atoms with Crippen LogP contribution in [0.3, 0.4) is 0 Å². The van der Waals surface area contributed by atoms with Crippen LogP contribution < -0.4 is 0 Å². The average molecular weight is 378 g/mol. The van der Waals surface area contributed by atoms with E-state index < -0.39 is 16.0 Å². The van der Waals surface area contributed by atoms with E-state index in [0.717, 1.165) is 0 Å². The number of sulfonamides is 1. The van der Waals surface area contributed by atoms with E-state index in [2.05, 4.69) is 15.9 Å². The molecule has 0 amide bonds. The molecule has 1 saturated carbocycles. The first-order chi connectivity index (χ1) is 9.77. The Labute approximate surface area is 131 Å². The minimum atomic E-state index is -3.67. The Morgan fingerprint density at radius 1 is 1.43 bits per heavy atom. The first-order valence-corrected chi connectivity index (χ1v) is 8.54. The summed E-state index contributed by atoms with van der Waals surface area (Å²) in [5, 5.41) is 8.91. The van der Waals surface area contributed by atoms with Crippen LogP contribution in [0.25, 0.3) is 0 Å². The third-order valence-corrected chi connectivity index (χ3v) is 6.64. The van der Waals surface area contributed by atoms with Gasteiger partial charge in [-0.3, -0.25) is 0 Å². The summed E-state index contributed by atoms with van der Waals surface area (Å²) in [5.74, 6) is -1.10. The molecule has 0 radical (unpaired) electrons. The Morgan fingerprint density at radius 3 is 2.52 bits per heavy atom. The number of halogens is 1. The van der Waals surface area contributed by atoms with Gasteiger partial charge >= 0.3 is 5.97 Å². The lowest BCUT2D eigenvalue weighted by molar-refractivity contribution is 0.000539. The molecule has 1 aromatic carbocycles. The van der Waals surface area contributed by atoms with Crippen LogP contribution in [-0.4, -0.2) is 50.1 Å². The summed E-state index contributed by atoms with van der Waals surface area (Å²) in [7, 11) is -0.527. The number of benzene rings is 1. The monoisotopic (exact) mass is 377 g/mol. The topological polar surface area (TPSA) is 83.9 Å². The van der Waals surface area contributed by atoms with E-state index in [1.807, 2.05) is 0 Å². The molecule has 0 unspecified atom stereocenters. The largest absolute Gasteiger partial charge is 0.478 e. The van der Waals surface area contributed by atoms with Gasteiger partial charge in [0.25, 0.3) is 0 Å². The predicted molar refractivity (Wildman–Crippen MR) is 79.9 cm³/mol. The maximum atomic E-state index is 12.6. The van der Waals surface area contributed by atoms with Crippen LogP contribution >= 0.6 is 15.9 Å². The van der Waals surface area contributed by atoms with Gasteiger partial charge in [-0.2, -0.15) is 4.31 Å². The molecular weight excluding hydrogens is 362 g/mol. The smallest absolute Gasteiger partial charge is 0.335 e. The molecule has 1 N–H and O–H groups in total. The van der Waals surface area contributed by atoms with Gasteiger partial charge in [0.05, 0.1) is 16.6 Å². The Bertz CT molecular complexity index is 655. The third-order valence-electron chi connectivity index (χ3n) is 3.75. The van der Waals surface area contributed by atoms with Crippen molar-refractivity contribution in [2.24, 2.45) is 0 Å². The number of carbonyl (C=O) groups is 1. The average Bonchev–Trinajstić information content (AvgIpc) is 2.36. The minimum absolute atomic E-state index is 0.0339. The number of aromatic carboxylic acids is 1. The molecule has 1 aromatic rings. The van der Waals surface area contributed by atoms with E-state index in [0.29, 0.717) is 12.8 Å². The summed E-state index contributed by atoms with van der Waals surface area (Å²) in [6.45, 7) is 0. The molecule has 8 heteroatoms. The van der Waals surface area contributed by atoms with E-state index in [9.17, 15) is 13.2 Å². The SMILES string of the molecule is COC1CC(N(C)S(=O)(=O)c2ccc(C(=O)O)cc2Br)C1. The first-order valence-electron chi connectivity index (χ1n) is 6.31. The van der Waals surface area contributed by atoms with Crippen molar-refractivity contribution in [3.63, 3.8) is 0 Å². The van der Waals surface area contributed by atoms with Gasteiger partial charge in [0.1, 0.15) is 0 Å². The molecule has 1 fully saturated rings. The molecule has 0 saturated heterocycles. The molecular formula is C13H16BrNO5S. The summed E-state index contributed by atoms with van der Waals surface area (Å²) in [5.41, 5.74) is 0.0339. The van der Waals surface area contributed by atoms with Crippen LogP contribution in [-0.2, 0) is 14.8 Å². The van der Waals surface area contributed by atoms with Gasteiger partial charge in [-0.15, -0.1) is 0 Å². The van der Waals surface area contributed by atoms with Crippen molar-refractivity contribution in [2.75, 3.05) is 14.2 Å². The molecule has 0 aromatic heterocycles. The van der Waals surface area contributed by atoms with Crippen molar-refractivity contribution in [1.29, 1.82) is 0 Å². The fourth-order valence-electron chi connectivity index (χ4n) is 2.22. The van der Waals surface area contributed by atoms with E-state index in [-0.39, 0.29) is 27.1 Å². The van der Waals surface area contributed by atoms with Crippen LogP contribution in [0.5, 0.6) is 0 Å². The Balaban J connectivity index is 2.25. The lowest BCUT2D eigenvalue weighted by Gasteiger charge is -2.39. The summed E-state index contributed by atoms with van der Waals surface area (Å²) in [4.78, 5) is 11.0. The molecule has 6 nitrogen and oxygen atoms in total. The molecule has 1 aliphatic rings. The Kier molecular flexibility index (Phi) is 4.72. The van der Waals surface area contributed by atoms with E-state index >= 15 is 0 Å². The van der Waals surface area contributed by atoms with Crippen molar-refractivity contribution in [2.45, 2.75) is 29.9 Å². The van der Waals surface area contributed by atoms with Crippen molar-refractivity contribution in [1.82, 2.24) is 4.31 Å². The van der Waals surface area contributed by atoms with Gasteiger partial charge in [-0.05, 0) is 47.0 Å². The molecule has 0 heterocycles.